The molecule has 146 valence electrons. The van der Waals surface area contributed by atoms with E-state index in [1.54, 1.807) is 0 Å². The molecule has 2 atom stereocenters. The van der Waals surface area contributed by atoms with Gasteiger partial charge in [-0.05, 0) is 51.9 Å². The fourth-order valence-electron chi connectivity index (χ4n) is 3.12. The predicted molar refractivity (Wildman–Crippen MR) is 116 cm³/mol. The summed E-state index contributed by atoms with van der Waals surface area (Å²) in [4.78, 5) is 7.07. The van der Waals surface area contributed by atoms with E-state index in [2.05, 4.69) is 36.6 Å². The standard InChI is InChI=1S/C19H30N4O2.HI/c1-4-20-19(22-12-16(23(2)3)14-9-10-14)21-11-15-13-24-17-7-5-6-8-18(17)25-15;/h5-8,14-16H,4,9-13H2,1-3H3,(H2,20,21,22);1H. The Morgan fingerprint density at radius 3 is 2.62 bits per heavy atom. The molecule has 2 unspecified atom stereocenters. The first-order chi connectivity index (χ1) is 12.2. The fourth-order valence-corrected chi connectivity index (χ4v) is 3.12. The first kappa shape index (κ1) is 21.1. The molecule has 26 heavy (non-hydrogen) atoms. The summed E-state index contributed by atoms with van der Waals surface area (Å²) in [5.74, 6) is 3.27. The molecule has 7 heteroatoms. The van der Waals surface area contributed by atoms with Crippen molar-refractivity contribution in [2.45, 2.75) is 31.9 Å². The van der Waals surface area contributed by atoms with Crippen LogP contribution in [0.1, 0.15) is 19.8 Å². The molecule has 3 rings (SSSR count). The molecule has 1 aliphatic heterocycles. The third-order valence-corrected chi connectivity index (χ3v) is 4.67. The second kappa shape index (κ2) is 10.2. The molecule has 1 aromatic rings. The van der Waals surface area contributed by atoms with Gasteiger partial charge in [-0.2, -0.15) is 0 Å². The van der Waals surface area contributed by atoms with Crippen LogP contribution in [0.2, 0.25) is 0 Å². The third-order valence-electron chi connectivity index (χ3n) is 4.67. The molecule has 1 saturated carbocycles. The first-order valence-electron chi connectivity index (χ1n) is 9.24. The lowest BCUT2D eigenvalue weighted by molar-refractivity contribution is 0.0936. The highest BCUT2D eigenvalue weighted by molar-refractivity contribution is 14.0. The van der Waals surface area contributed by atoms with Crippen molar-refractivity contribution in [2.75, 3.05) is 40.3 Å². The second-order valence-electron chi connectivity index (χ2n) is 6.97. The molecule has 1 fully saturated rings. The smallest absolute Gasteiger partial charge is 0.191 e. The van der Waals surface area contributed by atoms with E-state index >= 15 is 0 Å². The number of aliphatic imine (C=N–C) groups is 1. The molecule has 0 amide bonds. The lowest BCUT2D eigenvalue weighted by atomic mass is 10.2. The Kier molecular flexibility index (Phi) is 8.27. The quantitative estimate of drug-likeness (QED) is 0.361. The van der Waals surface area contributed by atoms with Gasteiger partial charge >= 0.3 is 0 Å². The summed E-state index contributed by atoms with van der Waals surface area (Å²) in [6, 6.07) is 8.32. The van der Waals surface area contributed by atoms with Crippen LogP contribution in [0.3, 0.4) is 0 Å². The van der Waals surface area contributed by atoms with Crippen LogP contribution in [0, 0.1) is 5.92 Å². The zero-order valence-corrected chi connectivity index (χ0v) is 18.2. The van der Waals surface area contributed by atoms with Crippen molar-refractivity contribution in [2.24, 2.45) is 10.9 Å². The summed E-state index contributed by atoms with van der Waals surface area (Å²) in [5.41, 5.74) is 0. The summed E-state index contributed by atoms with van der Waals surface area (Å²) >= 11 is 0. The maximum Gasteiger partial charge on any atom is 0.191 e. The molecule has 0 aromatic heterocycles. The van der Waals surface area contributed by atoms with Crippen LogP contribution < -0.4 is 20.1 Å². The average Bonchev–Trinajstić information content (AvgIpc) is 3.44. The molecule has 0 spiro atoms. The zero-order valence-electron chi connectivity index (χ0n) is 15.9. The maximum absolute atomic E-state index is 5.99. The van der Waals surface area contributed by atoms with Gasteiger partial charge in [-0.1, -0.05) is 12.1 Å². The van der Waals surface area contributed by atoms with Gasteiger partial charge in [0, 0.05) is 12.6 Å². The van der Waals surface area contributed by atoms with Crippen molar-refractivity contribution >= 4 is 29.9 Å². The minimum absolute atomic E-state index is 0. The van der Waals surface area contributed by atoms with Crippen molar-refractivity contribution in [3.63, 3.8) is 0 Å². The van der Waals surface area contributed by atoms with Crippen LogP contribution in [0.4, 0.5) is 0 Å². The fraction of sp³-hybridized carbons (Fsp3) is 0.632. The Labute approximate surface area is 173 Å². The topological polar surface area (TPSA) is 58.1 Å². The van der Waals surface area contributed by atoms with Gasteiger partial charge in [0.2, 0.25) is 0 Å². The number of halogens is 1. The Bertz CT molecular complexity index is 591. The van der Waals surface area contributed by atoms with E-state index < -0.39 is 0 Å². The molecule has 1 heterocycles. The minimum atomic E-state index is -0.0215. The van der Waals surface area contributed by atoms with Crippen molar-refractivity contribution in [3.05, 3.63) is 24.3 Å². The third kappa shape index (κ3) is 5.90. The molecule has 1 aliphatic carbocycles. The molecule has 1 aromatic carbocycles. The van der Waals surface area contributed by atoms with Crippen LogP contribution in [0.25, 0.3) is 0 Å². The van der Waals surface area contributed by atoms with Gasteiger partial charge in [0.1, 0.15) is 12.7 Å². The Balaban J connectivity index is 0.00000243. The first-order valence-corrected chi connectivity index (χ1v) is 9.24. The summed E-state index contributed by atoms with van der Waals surface area (Å²) < 4.78 is 11.8. The van der Waals surface area contributed by atoms with E-state index in [-0.39, 0.29) is 30.1 Å². The van der Waals surface area contributed by atoms with Gasteiger partial charge in [0.25, 0.3) is 0 Å². The van der Waals surface area contributed by atoms with Crippen molar-refractivity contribution < 1.29 is 9.47 Å². The molecule has 0 bridgehead atoms. The number of fused-ring (bicyclic) bond motifs is 1. The number of guanidine groups is 1. The number of hydrogen-bond donors (Lipinski definition) is 2. The van der Waals surface area contributed by atoms with Gasteiger partial charge < -0.3 is 25.0 Å². The molecule has 2 N–H and O–H groups in total. The Morgan fingerprint density at radius 2 is 1.96 bits per heavy atom. The Hall–Kier alpha value is -1.22. The van der Waals surface area contributed by atoms with Gasteiger partial charge in [0.05, 0.1) is 13.1 Å². The number of nitrogens with one attached hydrogen (secondary N) is 2. The molecule has 6 nitrogen and oxygen atoms in total. The van der Waals surface area contributed by atoms with Crippen LogP contribution in [-0.2, 0) is 0 Å². The lowest BCUT2D eigenvalue weighted by Crippen LogP contribution is -2.46. The van der Waals surface area contributed by atoms with Gasteiger partial charge in [-0.3, -0.25) is 4.99 Å². The van der Waals surface area contributed by atoms with Gasteiger partial charge in [-0.15, -0.1) is 24.0 Å². The molecular weight excluding hydrogens is 443 g/mol. The molecular formula is C19H31IN4O2. The van der Waals surface area contributed by atoms with Crippen molar-refractivity contribution in [3.8, 4) is 11.5 Å². The minimum Gasteiger partial charge on any atom is -0.486 e. The van der Waals surface area contributed by atoms with E-state index in [4.69, 9.17) is 14.5 Å². The van der Waals surface area contributed by atoms with Crippen LogP contribution >= 0.6 is 24.0 Å². The highest BCUT2D eigenvalue weighted by atomic mass is 127. The van der Waals surface area contributed by atoms with E-state index in [0.29, 0.717) is 19.2 Å². The van der Waals surface area contributed by atoms with Crippen LogP contribution in [0.15, 0.2) is 29.3 Å². The number of ether oxygens (including phenoxy) is 2. The molecule has 0 saturated heterocycles. The molecule has 0 radical (unpaired) electrons. The lowest BCUT2D eigenvalue weighted by Gasteiger charge is -2.27. The van der Waals surface area contributed by atoms with Crippen molar-refractivity contribution in [1.82, 2.24) is 15.5 Å². The summed E-state index contributed by atoms with van der Waals surface area (Å²) in [5, 5.41) is 6.71. The monoisotopic (exact) mass is 474 g/mol. The van der Waals surface area contributed by atoms with E-state index in [1.807, 2.05) is 24.3 Å². The number of hydrogen-bond acceptors (Lipinski definition) is 4. The van der Waals surface area contributed by atoms with Gasteiger partial charge in [0.15, 0.2) is 17.5 Å². The maximum atomic E-state index is 5.99. The van der Waals surface area contributed by atoms with E-state index in [1.165, 1.54) is 12.8 Å². The SMILES string of the molecule is CCNC(=NCC(C1CC1)N(C)C)NCC1COc2ccccc2O1.I. The number of para-hydroxylation sites is 2. The highest BCUT2D eigenvalue weighted by Crippen LogP contribution is 2.34. The number of rotatable bonds is 7. The number of nitrogens with zero attached hydrogens (tertiary/aromatic N) is 2. The van der Waals surface area contributed by atoms with E-state index in [9.17, 15) is 0 Å². The van der Waals surface area contributed by atoms with E-state index in [0.717, 1.165) is 36.5 Å². The van der Waals surface area contributed by atoms with Crippen molar-refractivity contribution in [1.29, 1.82) is 0 Å². The number of likely N-dealkylation sites (N-methyl/N-ethyl adjacent to an activating group) is 1. The predicted octanol–water partition coefficient (Wildman–Crippen LogP) is 2.34. The van der Waals surface area contributed by atoms with Crippen LogP contribution in [0.5, 0.6) is 11.5 Å². The van der Waals surface area contributed by atoms with Gasteiger partial charge in [-0.25, -0.2) is 0 Å². The van der Waals surface area contributed by atoms with Crippen LogP contribution in [-0.4, -0.2) is 63.3 Å². The zero-order chi connectivity index (χ0) is 17.6. The normalized spacial score (nSPS) is 20.3. The highest BCUT2D eigenvalue weighted by Gasteiger charge is 2.32. The molecule has 2 aliphatic rings. The second-order valence-corrected chi connectivity index (χ2v) is 6.97. The number of benzene rings is 1. The summed E-state index contributed by atoms with van der Waals surface area (Å²) in [6.07, 6.45) is 2.64. The largest absolute Gasteiger partial charge is 0.486 e. The average molecular weight is 474 g/mol. The summed E-state index contributed by atoms with van der Waals surface area (Å²) in [7, 11) is 4.28. The summed E-state index contributed by atoms with van der Waals surface area (Å²) in [6.45, 7) is 4.95. The Morgan fingerprint density at radius 1 is 1.23 bits per heavy atom.